The van der Waals surface area contributed by atoms with E-state index in [0.29, 0.717) is 29.3 Å². The molecule has 2 aromatic carbocycles. The molecule has 0 saturated carbocycles. The first-order chi connectivity index (χ1) is 19.9. The first-order valence-electron chi connectivity index (χ1n) is 13.8. The van der Waals surface area contributed by atoms with Crippen LogP contribution in [-0.2, 0) is 0 Å². The molecule has 0 atom stereocenters. The van der Waals surface area contributed by atoms with Gasteiger partial charge >= 0.3 is 0 Å². The van der Waals surface area contributed by atoms with Gasteiger partial charge < -0.3 is 25.2 Å². The fourth-order valence-corrected chi connectivity index (χ4v) is 5.06. The van der Waals surface area contributed by atoms with E-state index in [4.69, 9.17) is 4.74 Å². The molecule has 2 aromatic heterocycles. The number of anilines is 2. The number of aryl methyl sites for hydroxylation is 1. The molecule has 3 heterocycles. The van der Waals surface area contributed by atoms with E-state index in [0.717, 1.165) is 56.8 Å². The lowest BCUT2D eigenvalue weighted by molar-refractivity contribution is 0.0951. The summed E-state index contributed by atoms with van der Waals surface area (Å²) < 4.78 is 35.6. The van der Waals surface area contributed by atoms with Crippen LogP contribution in [0, 0.1) is 18.6 Å². The summed E-state index contributed by atoms with van der Waals surface area (Å²) in [6, 6.07) is 8.29. The summed E-state index contributed by atoms with van der Waals surface area (Å²) in [6.45, 7) is 8.02. The predicted octanol–water partition coefficient (Wildman–Crippen LogP) is 4.49. The molecule has 4 aromatic rings. The quantitative estimate of drug-likeness (QED) is 0.275. The molecule has 2 N–H and O–H groups in total. The maximum atomic E-state index is 14.8. The summed E-state index contributed by atoms with van der Waals surface area (Å²) >= 11 is 0. The number of imidazole rings is 1. The lowest BCUT2D eigenvalue weighted by Gasteiger charge is -2.32. The Labute approximate surface area is 238 Å². The number of carbonyl (C=O) groups is 1. The van der Waals surface area contributed by atoms with E-state index in [-0.39, 0.29) is 17.2 Å². The highest BCUT2D eigenvalue weighted by Crippen LogP contribution is 2.31. The number of rotatable bonds is 10. The Balaban J connectivity index is 1.22. The highest BCUT2D eigenvalue weighted by molar-refractivity contribution is 5.96. The molecule has 11 heteroatoms. The van der Waals surface area contributed by atoms with Gasteiger partial charge in [-0.05, 0) is 69.3 Å². The van der Waals surface area contributed by atoms with Gasteiger partial charge in [-0.25, -0.2) is 14.4 Å². The van der Waals surface area contributed by atoms with Crippen LogP contribution in [0.4, 0.5) is 20.3 Å². The van der Waals surface area contributed by atoms with Crippen molar-refractivity contribution in [1.82, 2.24) is 29.5 Å². The van der Waals surface area contributed by atoms with Gasteiger partial charge in [0.2, 0.25) is 5.82 Å². The van der Waals surface area contributed by atoms with Gasteiger partial charge in [0.15, 0.2) is 23.0 Å². The van der Waals surface area contributed by atoms with Gasteiger partial charge in [-0.2, -0.15) is 4.39 Å². The number of aromatic nitrogens is 3. The predicted molar refractivity (Wildman–Crippen MR) is 155 cm³/mol. The molecule has 0 radical (unpaired) electrons. The normalized spacial score (nSPS) is 14.4. The number of nitrogens with one attached hydrogen (secondary N) is 2. The number of nitrogens with zero attached hydrogens (tertiary/aromatic N) is 5. The van der Waals surface area contributed by atoms with Crippen molar-refractivity contribution < 1.29 is 18.3 Å². The molecule has 0 spiro atoms. The lowest BCUT2D eigenvalue weighted by atomic mass is 10.1. The van der Waals surface area contributed by atoms with Gasteiger partial charge in [0.25, 0.3) is 5.91 Å². The van der Waals surface area contributed by atoms with E-state index >= 15 is 0 Å². The Hall–Kier alpha value is -4.09. The lowest BCUT2D eigenvalue weighted by Crippen LogP contribution is -2.44. The number of halogens is 2. The van der Waals surface area contributed by atoms with Crippen molar-refractivity contribution in [2.45, 2.75) is 19.8 Å². The highest BCUT2D eigenvalue weighted by Gasteiger charge is 2.19. The van der Waals surface area contributed by atoms with Crippen LogP contribution < -0.4 is 15.4 Å². The maximum Gasteiger partial charge on any atom is 0.251 e. The maximum absolute atomic E-state index is 14.8. The molecule has 0 unspecified atom stereocenters. The highest BCUT2D eigenvalue weighted by atomic mass is 19.2. The van der Waals surface area contributed by atoms with Crippen LogP contribution >= 0.6 is 0 Å². The first-order valence-corrected chi connectivity index (χ1v) is 13.8. The monoisotopic (exact) mass is 563 g/mol. The largest absolute Gasteiger partial charge is 0.494 e. The summed E-state index contributed by atoms with van der Waals surface area (Å²) in [5.41, 5.74) is 3.01. The second-order valence-corrected chi connectivity index (χ2v) is 10.3. The number of amides is 1. The summed E-state index contributed by atoms with van der Waals surface area (Å²) in [4.78, 5) is 26.4. The van der Waals surface area contributed by atoms with Crippen LogP contribution in [0.1, 0.15) is 28.8 Å². The van der Waals surface area contributed by atoms with Crippen molar-refractivity contribution in [3.63, 3.8) is 0 Å². The van der Waals surface area contributed by atoms with Crippen LogP contribution in [0.5, 0.6) is 5.75 Å². The third-order valence-electron chi connectivity index (χ3n) is 7.49. The van der Waals surface area contributed by atoms with Crippen LogP contribution in [-0.4, -0.2) is 83.5 Å². The first kappa shape index (κ1) is 28.4. The van der Waals surface area contributed by atoms with Crippen molar-refractivity contribution in [1.29, 1.82) is 0 Å². The molecular formula is C30H35F2N7O2. The molecule has 0 bridgehead atoms. The Bertz CT molecular complexity index is 1530. The minimum atomic E-state index is -1.06. The average molecular weight is 564 g/mol. The third-order valence-corrected chi connectivity index (χ3v) is 7.49. The van der Waals surface area contributed by atoms with Crippen molar-refractivity contribution in [2.24, 2.45) is 0 Å². The molecule has 41 heavy (non-hydrogen) atoms. The Morgan fingerprint density at radius 3 is 2.61 bits per heavy atom. The molecule has 1 fully saturated rings. The summed E-state index contributed by atoms with van der Waals surface area (Å²) in [7, 11) is 3.44. The average Bonchev–Trinajstić information content (AvgIpc) is 3.40. The Morgan fingerprint density at radius 2 is 1.85 bits per heavy atom. The van der Waals surface area contributed by atoms with Gasteiger partial charge in [0.05, 0.1) is 19.0 Å². The van der Waals surface area contributed by atoms with E-state index in [1.54, 1.807) is 22.9 Å². The number of ether oxygens (including phenoxy) is 1. The van der Waals surface area contributed by atoms with Gasteiger partial charge in [-0.15, -0.1) is 0 Å². The Morgan fingerprint density at radius 1 is 1.05 bits per heavy atom. The number of hydrogen-bond donors (Lipinski definition) is 2. The molecule has 1 aliphatic heterocycles. The zero-order chi connectivity index (χ0) is 28.9. The minimum Gasteiger partial charge on any atom is -0.494 e. The third kappa shape index (κ3) is 6.31. The van der Waals surface area contributed by atoms with Gasteiger partial charge in [-0.3, -0.25) is 9.20 Å². The molecule has 1 saturated heterocycles. The van der Waals surface area contributed by atoms with E-state index < -0.39 is 11.6 Å². The second kappa shape index (κ2) is 12.6. The number of likely N-dealkylation sites (N-methyl/N-ethyl adjacent to an activating group) is 1. The van der Waals surface area contributed by atoms with Crippen LogP contribution in [0.2, 0.25) is 0 Å². The van der Waals surface area contributed by atoms with E-state index in [9.17, 15) is 13.6 Å². The van der Waals surface area contributed by atoms with E-state index in [1.165, 1.54) is 25.4 Å². The van der Waals surface area contributed by atoms with Crippen molar-refractivity contribution in [2.75, 3.05) is 58.7 Å². The van der Waals surface area contributed by atoms with Crippen molar-refractivity contribution in [3.8, 4) is 17.0 Å². The smallest absolute Gasteiger partial charge is 0.251 e. The zero-order valence-electron chi connectivity index (χ0n) is 23.6. The van der Waals surface area contributed by atoms with Gasteiger partial charge in [-0.1, -0.05) is 0 Å². The SMILES string of the molecule is COc1ccc(-c2cnc3c(Nc4ccc(C(=O)NCCCCN5CCN(C)CC5)c(C)c4)nccn23)c(F)c1F. The standard InChI is InChI=1S/C30H35F2N7O2/c1-20-18-21(6-7-22(20)30(40)34-10-4-5-12-38-16-14-37(2)15-17-38)36-28-29-35-19-24(39(29)13-11-33-28)23-8-9-25(41-3)27(32)26(23)31/h6-9,11,13,18-19H,4-5,10,12,14-17H2,1-3H3,(H,33,36)(H,34,40). The van der Waals surface area contributed by atoms with Gasteiger partial charge in [0, 0.05) is 61.9 Å². The zero-order valence-corrected chi connectivity index (χ0v) is 23.6. The fraction of sp³-hybridized carbons (Fsp3) is 0.367. The van der Waals surface area contributed by atoms with Crippen LogP contribution in [0.25, 0.3) is 16.9 Å². The fourth-order valence-electron chi connectivity index (χ4n) is 5.06. The number of unbranched alkanes of at least 4 members (excludes halogenated alkanes) is 1. The molecule has 5 rings (SSSR count). The molecule has 0 aliphatic carbocycles. The number of hydrogen-bond acceptors (Lipinski definition) is 7. The summed E-state index contributed by atoms with van der Waals surface area (Å²) in [5.74, 6) is -1.90. The number of fused-ring (bicyclic) bond motifs is 1. The number of benzene rings is 2. The number of piperazine rings is 1. The molecule has 216 valence electrons. The summed E-state index contributed by atoms with van der Waals surface area (Å²) in [6.07, 6.45) is 6.65. The number of carbonyl (C=O) groups excluding carboxylic acids is 1. The molecule has 1 aliphatic rings. The minimum absolute atomic E-state index is 0.0542. The molecular weight excluding hydrogens is 528 g/mol. The van der Waals surface area contributed by atoms with Crippen LogP contribution in [0.15, 0.2) is 48.9 Å². The van der Waals surface area contributed by atoms with Crippen LogP contribution in [0.3, 0.4) is 0 Å². The van der Waals surface area contributed by atoms with Gasteiger partial charge in [0.1, 0.15) is 0 Å². The second-order valence-electron chi connectivity index (χ2n) is 10.3. The van der Waals surface area contributed by atoms with Crippen molar-refractivity contribution >= 4 is 23.1 Å². The molecule has 1 amide bonds. The van der Waals surface area contributed by atoms with E-state index in [1.807, 2.05) is 19.1 Å². The Kier molecular flexibility index (Phi) is 8.75. The summed E-state index contributed by atoms with van der Waals surface area (Å²) in [5, 5.41) is 6.27. The number of methoxy groups -OCH3 is 1. The topological polar surface area (TPSA) is 87.0 Å². The molecule has 9 nitrogen and oxygen atoms in total. The van der Waals surface area contributed by atoms with E-state index in [2.05, 4.69) is 37.4 Å². The van der Waals surface area contributed by atoms with Crippen molar-refractivity contribution in [3.05, 3.63) is 71.7 Å².